The number of oxazole rings is 1. The van der Waals surface area contributed by atoms with Crippen LogP contribution in [-0.4, -0.2) is 19.7 Å². The van der Waals surface area contributed by atoms with Gasteiger partial charge in [-0.1, -0.05) is 18.2 Å². The number of benzene rings is 2. The van der Waals surface area contributed by atoms with E-state index in [1.165, 1.54) is 12.1 Å². The van der Waals surface area contributed by atoms with Crippen molar-refractivity contribution in [3.8, 4) is 11.8 Å². The van der Waals surface area contributed by atoms with Gasteiger partial charge >= 0.3 is 6.08 Å². The molecule has 1 aromatic heterocycles. The molecule has 3 aromatic rings. The van der Waals surface area contributed by atoms with Crippen molar-refractivity contribution in [3.63, 3.8) is 0 Å². The lowest BCUT2D eigenvalue weighted by Crippen LogP contribution is -1.97. The summed E-state index contributed by atoms with van der Waals surface area (Å²) in [6, 6.07) is 13.5. The number of hydrogen-bond donors (Lipinski definition) is 0. The molecule has 0 atom stereocenters. The highest BCUT2D eigenvalue weighted by Crippen LogP contribution is 2.26. The molecule has 0 aliphatic rings. The van der Waals surface area contributed by atoms with E-state index in [2.05, 4.69) is 4.98 Å². The molecular formula is C14H11NO4S. The molecule has 20 heavy (non-hydrogen) atoms. The number of nitrogens with zero attached hydrogens (tertiary/aromatic N) is 1. The van der Waals surface area contributed by atoms with Crippen molar-refractivity contribution in [2.75, 3.05) is 6.26 Å². The summed E-state index contributed by atoms with van der Waals surface area (Å²) >= 11 is 0. The van der Waals surface area contributed by atoms with Gasteiger partial charge in [-0.3, -0.25) is 0 Å². The molecule has 0 aliphatic carbocycles. The largest absolute Gasteiger partial charge is 0.411 e. The van der Waals surface area contributed by atoms with Gasteiger partial charge in [-0.15, -0.1) is 0 Å². The number of rotatable bonds is 3. The van der Waals surface area contributed by atoms with Crippen LogP contribution in [0.4, 0.5) is 0 Å². The molecule has 102 valence electrons. The van der Waals surface area contributed by atoms with E-state index in [-0.39, 0.29) is 11.0 Å². The Kier molecular flexibility index (Phi) is 2.94. The molecule has 0 spiro atoms. The first-order chi connectivity index (χ1) is 9.52. The number of fused-ring (bicyclic) bond motifs is 1. The zero-order chi connectivity index (χ0) is 14.2. The maximum Gasteiger partial charge on any atom is 0.400 e. The molecule has 1 heterocycles. The van der Waals surface area contributed by atoms with E-state index in [1.54, 1.807) is 24.3 Å². The summed E-state index contributed by atoms with van der Waals surface area (Å²) < 4.78 is 33.8. The van der Waals surface area contributed by atoms with E-state index in [4.69, 9.17) is 9.15 Å². The zero-order valence-corrected chi connectivity index (χ0v) is 11.4. The molecule has 0 fully saturated rings. The van der Waals surface area contributed by atoms with Gasteiger partial charge in [-0.2, -0.15) is 4.98 Å². The van der Waals surface area contributed by atoms with E-state index < -0.39 is 9.84 Å². The van der Waals surface area contributed by atoms with Crippen molar-refractivity contribution < 1.29 is 17.6 Å². The van der Waals surface area contributed by atoms with Gasteiger partial charge in [0.05, 0.1) is 4.90 Å². The van der Waals surface area contributed by atoms with E-state index in [0.717, 1.165) is 6.26 Å². The highest BCUT2D eigenvalue weighted by atomic mass is 32.2. The molecule has 0 aliphatic heterocycles. The van der Waals surface area contributed by atoms with Gasteiger partial charge in [0.15, 0.2) is 15.4 Å². The van der Waals surface area contributed by atoms with Crippen LogP contribution in [0.1, 0.15) is 0 Å². The van der Waals surface area contributed by atoms with Crippen LogP contribution in [0.25, 0.3) is 11.1 Å². The van der Waals surface area contributed by atoms with Crippen molar-refractivity contribution in [1.29, 1.82) is 0 Å². The summed E-state index contributed by atoms with van der Waals surface area (Å²) in [4.78, 5) is 4.35. The molecule has 2 aromatic carbocycles. The van der Waals surface area contributed by atoms with E-state index in [0.29, 0.717) is 16.8 Å². The molecule has 3 rings (SSSR count). The lowest BCUT2D eigenvalue weighted by Gasteiger charge is -2.02. The SMILES string of the molecule is CS(=O)(=O)c1cccc(Oc2nc3ccccc3o2)c1. The molecule has 0 radical (unpaired) electrons. The number of aromatic nitrogens is 1. The molecule has 6 heteroatoms. The van der Waals surface area contributed by atoms with Crippen LogP contribution < -0.4 is 4.74 Å². The Morgan fingerprint density at radius 1 is 1.10 bits per heavy atom. The number of para-hydroxylation sites is 2. The highest BCUT2D eigenvalue weighted by molar-refractivity contribution is 7.90. The van der Waals surface area contributed by atoms with Gasteiger partial charge in [-0.05, 0) is 30.3 Å². The highest BCUT2D eigenvalue weighted by Gasteiger charge is 2.11. The first kappa shape index (κ1) is 12.7. The van der Waals surface area contributed by atoms with Crippen molar-refractivity contribution in [2.24, 2.45) is 0 Å². The van der Waals surface area contributed by atoms with Crippen molar-refractivity contribution in [1.82, 2.24) is 4.98 Å². The topological polar surface area (TPSA) is 69.4 Å². The van der Waals surface area contributed by atoms with E-state index in [1.807, 2.05) is 12.1 Å². The third kappa shape index (κ3) is 2.50. The zero-order valence-electron chi connectivity index (χ0n) is 10.6. The van der Waals surface area contributed by atoms with Crippen molar-refractivity contribution in [2.45, 2.75) is 4.90 Å². The minimum Gasteiger partial charge on any atom is -0.411 e. The summed E-state index contributed by atoms with van der Waals surface area (Å²) in [5.41, 5.74) is 1.29. The van der Waals surface area contributed by atoms with E-state index >= 15 is 0 Å². The van der Waals surface area contributed by atoms with Gasteiger partial charge in [0.2, 0.25) is 0 Å². The van der Waals surface area contributed by atoms with Crippen LogP contribution in [-0.2, 0) is 9.84 Å². The fraction of sp³-hybridized carbons (Fsp3) is 0.0714. The summed E-state index contributed by atoms with van der Waals surface area (Å²) in [5, 5.41) is 0. The van der Waals surface area contributed by atoms with Crippen LogP contribution in [0.2, 0.25) is 0 Å². The Labute approximate surface area is 115 Å². The molecule has 0 saturated carbocycles. The van der Waals surface area contributed by atoms with E-state index in [9.17, 15) is 8.42 Å². The second kappa shape index (κ2) is 4.64. The Hall–Kier alpha value is -2.34. The fourth-order valence-electron chi connectivity index (χ4n) is 1.76. The van der Waals surface area contributed by atoms with Crippen molar-refractivity contribution in [3.05, 3.63) is 48.5 Å². The first-order valence-corrected chi connectivity index (χ1v) is 7.75. The van der Waals surface area contributed by atoms with Crippen LogP contribution >= 0.6 is 0 Å². The number of hydrogen-bond acceptors (Lipinski definition) is 5. The number of ether oxygens (including phenoxy) is 1. The third-order valence-corrected chi connectivity index (χ3v) is 3.82. The Morgan fingerprint density at radius 2 is 1.90 bits per heavy atom. The molecule has 0 N–H and O–H groups in total. The quantitative estimate of drug-likeness (QED) is 0.741. The number of sulfone groups is 1. The van der Waals surface area contributed by atoms with Crippen LogP contribution in [0.3, 0.4) is 0 Å². The maximum atomic E-state index is 11.5. The van der Waals surface area contributed by atoms with Crippen LogP contribution in [0.5, 0.6) is 11.8 Å². The second-order valence-electron chi connectivity index (χ2n) is 4.30. The van der Waals surface area contributed by atoms with Gasteiger partial charge in [0.25, 0.3) is 0 Å². The monoisotopic (exact) mass is 289 g/mol. The summed E-state index contributed by atoms with van der Waals surface area (Å²) in [6.07, 6.45) is 1.22. The standard InChI is InChI=1S/C14H11NO4S/c1-20(16,17)11-6-4-5-10(9-11)18-14-15-12-7-2-3-8-13(12)19-14/h2-9H,1H3. The molecule has 0 bridgehead atoms. The molecular weight excluding hydrogens is 278 g/mol. The lowest BCUT2D eigenvalue weighted by atomic mass is 10.3. The smallest absolute Gasteiger partial charge is 0.400 e. The summed E-state index contributed by atoms with van der Waals surface area (Å²) in [7, 11) is -3.27. The summed E-state index contributed by atoms with van der Waals surface area (Å²) in [6.45, 7) is 0. The Morgan fingerprint density at radius 3 is 2.65 bits per heavy atom. The fourth-order valence-corrected chi connectivity index (χ4v) is 2.42. The predicted octanol–water partition coefficient (Wildman–Crippen LogP) is 3.02. The van der Waals surface area contributed by atoms with Gasteiger partial charge in [-0.25, -0.2) is 8.42 Å². The van der Waals surface area contributed by atoms with Crippen molar-refractivity contribution >= 4 is 20.9 Å². The predicted molar refractivity (Wildman–Crippen MR) is 73.6 cm³/mol. The molecule has 0 amide bonds. The lowest BCUT2D eigenvalue weighted by molar-refractivity contribution is 0.342. The molecule has 5 nitrogen and oxygen atoms in total. The minimum absolute atomic E-state index is 0.0804. The van der Waals surface area contributed by atoms with Gasteiger partial charge in [0, 0.05) is 6.26 Å². The maximum absolute atomic E-state index is 11.5. The first-order valence-electron chi connectivity index (χ1n) is 5.86. The third-order valence-electron chi connectivity index (χ3n) is 2.71. The average molecular weight is 289 g/mol. The van der Waals surface area contributed by atoms with Gasteiger partial charge in [0.1, 0.15) is 11.3 Å². The Bertz CT molecular complexity index is 835. The average Bonchev–Trinajstić information content (AvgIpc) is 2.80. The van der Waals surface area contributed by atoms with Crippen LogP contribution in [0, 0.1) is 0 Å². The minimum atomic E-state index is -3.27. The molecule has 0 unspecified atom stereocenters. The Balaban J connectivity index is 1.95. The normalized spacial score (nSPS) is 11.7. The second-order valence-corrected chi connectivity index (χ2v) is 6.31. The van der Waals surface area contributed by atoms with Gasteiger partial charge < -0.3 is 9.15 Å². The molecule has 0 saturated heterocycles. The summed E-state index contributed by atoms with van der Waals surface area (Å²) in [5.74, 6) is 0.361. The van der Waals surface area contributed by atoms with Crippen LogP contribution in [0.15, 0.2) is 57.8 Å².